The van der Waals surface area contributed by atoms with Crippen molar-refractivity contribution in [3.8, 4) is 0 Å². The fourth-order valence-corrected chi connectivity index (χ4v) is 1.88. The Bertz CT molecular complexity index is 231. The zero-order valence-corrected chi connectivity index (χ0v) is 14.8. The summed E-state index contributed by atoms with van der Waals surface area (Å²) in [4.78, 5) is 20.7. The number of hydrogen-bond acceptors (Lipinski definition) is 4. The van der Waals surface area contributed by atoms with Crippen LogP contribution in [0.25, 0.3) is 0 Å². The van der Waals surface area contributed by atoms with E-state index in [1.807, 2.05) is 13.8 Å². The molecule has 0 bridgehead atoms. The van der Waals surface area contributed by atoms with Crippen molar-refractivity contribution in [2.75, 3.05) is 0 Å². The third-order valence-electron chi connectivity index (χ3n) is 3.46. The third-order valence-corrected chi connectivity index (χ3v) is 3.46. The standard InChI is InChI=1S/2C8H16O2.Co/c2*1-3-5-6-7(4-2)8(9)10;/h2*7H,3-6H2,1-2H3,(H,9,10);/q;;+2/p-2/t2*7-;/m11./s1. The molecule has 2 atom stereocenters. The average molecular weight is 345 g/mol. The largest absolute Gasteiger partial charge is 2.00 e. The summed E-state index contributed by atoms with van der Waals surface area (Å²) in [6.07, 6.45) is 7.04. The Morgan fingerprint density at radius 2 is 1.05 bits per heavy atom. The molecule has 0 aliphatic carbocycles. The zero-order valence-electron chi connectivity index (χ0n) is 13.8. The summed E-state index contributed by atoms with van der Waals surface area (Å²) < 4.78 is 0. The van der Waals surface area contributed by atoms with Crippen LogP contribution >= 0.6 is 0 Å². The van der Waals surface area contributed by atoms with Crippen molar-refractivity contribution >= 4 is 11.9 Å². The Morgan fingerprint density at radius 3 is 1.19 bits per heavy atom. The maximum atomic E-state index is 10.3. The predicted octanol–water partition coefficient (Wildman–Crippen LogP) is 1.90. The fraction of sp³-hybridized carbons (Fsp3) is 0.875. The van der Waals surface area contributed by atoms with Crippen molar-refractivity contribution in [2.45, 2.75) is 79.1 Å². The van der Waals surface area contributed by atoms with E-state index in [2.05, 4.69) is 13.8 Å². The number of carboxylic acids is 2. The molecule has 0 aromatic carbocycles. The molecule has 0 amide bonds. The van der Waals surface area contributed by atoms with Crippen molar-refractivity contribution in [2.24, 2.45) is 11.8 Å². The molecule has 0 aliphatic heterocycles. The minimum atomic E-state index is -0.893. The van der Waals surface area contributed by atoms with Gasteiger partial charge >= 0.3 is 16.8 Å². The number of hydrogen-bond donors (Lipinski definition) is 0. The molecule has 0 heterocycles. The molecule has 0 rings (SSSR count). The fourth-order valence-electron chi connectivity index (χ4n) is 1.88. The Hall–Kier alpha value is -0.554. The monoisotopic (exact) mass is 345 g/mol. The molecule has 0 saturated heterocycles. The molecule has 0 spiro atoms. The summed E-state index contributed by atoms with van der Waals surface area (Å²) >= 11 is 0. The molecule has 127 valence electrons. The first-order valence-corrected chi connectivity index (χ1v) is 7.86. The van der Waals surface area contributed by atoms with Gasteiger partial charge in [0.15, 0.2) is 0 Å². The summed E-state index contributed by atoms with van der Waals surface area (Å²) in [5, 5.41) is 20.7. The van der Waals surface area contributed by atoms with Crippen LogP contribution in [-0.4, -0.2) is 11.9 Å². The van der Waals surface area contributed by atoms with Crippen LogP contribution in [0.1, 0.15) is 79.1 Å². The number of unbranched alkanes of at least 4 members (excludes halogenated alkanes) is 2. The minimum absolute atomic E-state index is 0. The van der Waals surface area contributed by atoms with Gasteiger partial charge in [-0.05, 0) is 37.5 Å². The van der Waals surface area contributed by atoms with Gasteiger partial charge in [-0.1, -0.05) is 53.4 Å². The van der Waals surface area contributed by atoms with E-state index in [1.165, 1.54) is 0 Å². The van der Waals surface area contributed by atoms with E-state index in [0.717, 1.165) is 38.5 Å². The Balaban J connectivity index is -0.000000295. The number of carbonyl (C=O) groups excluding carboxylic acids is 2. The second kappa shape index (κ2) is 17.5. The van der Waals surface area contributed by atoms with E-state index < -0.39 is 11.9 Å². The normalized spacial score (nSPS) is 12.4. The second-order valence-electron chi connectivity index (χ2n) is 5.13. The molecule has 0 aromatic heterocycles. The van der Waals surface area contributed by atoms with Gasteiger partial charge in [0.05, 0.1) is 0 Å². The van der Waals surface area contributed by atoms with Gasteiger partial charge < -0.3 is 19.8 Å². The van der Waals surface area contributed by atoms with Gasteiger partial charge in [-0.2, -0.15) is 0 Å². The average Bonchev–Trinajstić information content (AvgIpc) is 2.40. The summed E-state index contributed by atoms with van der Waals surface area (Å²) in [5.74, 6) is -2.23. The van der Waals surface area contributed by atoms with Crippen LogP contribution in [0.5, 0.6) is 0 Å². The molecular weight excluding hydrogens is 315 g/mol. The number of carbonyl (C=O) groups is 2. The summed E-state index contributed by atoms with van der Waals surface area (Å²) in [6, 6.07) is 0. The van der Waals surface area contributed by atoms with E-state index in [-0.39, 0.29) is 28.6 Å². The molecule has 0 fully saturated rings. The van der Waals surface area contributed by atoms with Crippen molar-refractivity contribution in [3.63, 3.8) is 0 Å². The first-order valence-electron chi connectivity index (χ1n) is 7.86. The van der Waals surface area contributed by atoms with E-state index in [9.17, 15) is 19.8 Å². The molecule has 0 N–H and O–H groups in total. The van der Waals surface area contributed by atoms with Gasteiger partial charge in [-0.25, -0.2) is 0 Å². The van der Waals surface area contributed by atoms with Crippen molar-refractivity contribution in [3.05, 3.63) is 0 Å². The first kappa shape index (κ1) is 25.4. The minimum Gasteiger partial charge on any atom is -0.550 e. The molecule has 0 aromatic rings. The van der Waals surface area contributed by atoms with Crippen molar-refractivity contribution < 1.29 is 36.6 Å². The van der Waals surface area contributed by atoms with Crippen LogP contribution in [0.4, 0.5) is 0 Å². The Kier molecular flexibility index (Phi) is 21.2. The first-order chi connectivity index (χ1) is 9.44. The molecule has 0 unspecified atom stereocenters. The van der Waals surface area contributed by atoms with Gasteiger partial charge in [0, 0.05) is 11.9 Å². The molecule has 5 heteroatoms. The maximum absolute atomic E-state index is 10.3. The number of rotatable bonds is 10. The summed E-state index contributed by atoms with van der Waals surface area (Å²) in [7, 11) is 0. The summed E-state index contributed by atoms with van der Waals surface area (Å²) in [5.41, 5.74) is 0. The van der Waals surface area contributed by atoms with Crippen LogP contribution in [-0.2, 0) is 26.4 Å². The second-order valence-corrected chi connectivity index (χ2v) is 5.13. The van der Waals surface area contributed by atoms with Gasteiger partial charge in [-0.3, -0.25) is 0 Å². The third kappa shape index (κ3) is 15.7. The molecule has 4 nitrogen and oxygen atoms in total. The topological polar surface area (TPSA) is 80.3 Å². The SMILES string of the molecule is CCCC[C@@H](CC)C(=O)[O-].CCCC[C@@H](CC)C(=O)[O-].[Co+2]. The van der Waals surface area contributed by atoms with Crippen LogP contribution in [0.15, 0.2) is 0 Å². The van der Waals surface area contributed by atoms with E-state index >= 15 is 0 Å². The molecule has 0 aliphatic rings. The quantitative estimate of drug-likeness (QED) is 0.606. The zero-order chi connectivity index (χ0) is 16.0. The van der Waals surface area contributed by atoms with Gasteiger partial charge in [0.1, 0.15) is 0 Å². The van der Waals surface area contributed by atoms with E-state index in [4.69, 9.17) is 0 Å². The number of aliphatic carboxylic acids is 2. The van der Waals surface area contributed by atoms with Crippen molar-refractivity contribution in [1.82, 2.24) is 0 Å². The van der Waals surface area contributed by atoms with Crippen molar-refractivity contribution in [1.29, 1.82) is 0 Å². The molecule has 21 heavy (non-hydrogen) atoms. The molecule has 1 radical (unpaired) electrons. The van der Waals surface area contributed by atoms with Gasteiger partial charge in [0.25, 0.3) is 0 Å². The van der Waals surface area contributed by atoms with Crippen LogP contribution in [0.3, 0.4) is 0 Å². The molecular formula is C16H30CoO4. The molecule has 0 saturated carbocycles. The van der Waals surface area contributed by atoms with Crippen LogP contribution in [0, 0.1) is 11.8 Å². The smallest absolute Gasteiger partial charge is 0.550 e. The Labute approximate surface area is 139 Å². The van der Waals surface area contributed by atoms with Crippen LogP contribution < -0.4 is 10.2 Å². The van der Waals surface area contributed by atoms with Crippen LogP contribution in [0.2, 0.25) is 0 Å². The predicted molar refractivity (Wildman–Crippen MR) is 76.6 cm³/mol. The Morgan fingerprint density at radius 1 is 0.762 bits per heavy atom. The number of carboxylic acid groups (broad SMARTS) is 2. The van der Waals surface area contributed by atoms with Gasteiger partial charge in [0.2, 0.25) is 0 Å². The van der Waals surface area contributed by atoms with Gasteiger partial charge in [-0.15, -0.1) is 0 Å². The summed E-state index contributed by atoms with van der Waals surface area (Å²) in [6.45, 7) is 7.89. The maximum Gasteiger partial charge on any atom is 2.00 e. The van der Waals surface area contributed by atoms with E-state index in [0.29, 0.717) is 12.8 Å². The van der Waals surface area contributed by atoms with E-state index in [1.54, 1.807) is 0 Å².